The van der Waals surface area contributed by atoms with Crippen molar-refractivity contribution in [2.45, 2.75) is 19.3 Å². The standard InChI is InChI=1S/C15H17ClN2O/c16-13-9-11(8-10-3-6-17-7-4-10)15(19)14-12(13)2-1-5-18-14/h1-2,5,9-10,17,19H,3-4,6-8H2. The van der Waals surface area contributed by atoms with Gasteiger partial charge in [-0.25, -0.2) is 0 Å². The minimum Gasteiger partial charge on any atom is -0.505 e. The van der Waals surface area contributed by atoms with Crippen molar-refractivity contribution in [1.29, 1.82) is 0 Å². The first-order chi connectivity index (χ1) is 9.25. The van der Waals surface area contributed by atoms with E-state index in [1.807, 2.05) is 18.2 Å². The average Bonchev–Trinajstić information content (AvgIpc) is 2.46. The number of aromatic hydroxyl groups is 1. The van der Waals surface area contributed by atoms with E-state index in [4.69, 9.17) is 11.6 Å². The maximum Gasteiger partial charge on any atom is 0.145 e. The van der Waals surface area contributed by atoms with Crippen LogP contribution in [-0.4, -0.2) is 23.2 Å². The van der Waals surface area contributed by atoms with Crippen molar-refractivity contribution in [3.05, 3.63) is 35.0 Å². The van der Waals surface area contributed by atoms with Gasteiger partial charge in [0.25, 0.3) is 0 Å². The highest BCUT2D eigenvalue weighted by molar-refractivity contribution is 6.35. The lowest BCUT2D eigenvalue weighted by atomic mass is 9.90. The highest BCUT2D eigenvalue weighted by Gasteiger charge is 2.18. The molecule has 1 aromatic heterocycles. The third-order valence-corrected chi connectivity index (χ3v) is 4.17. The number of hydrogen-bond donors (Lipinski definition) is 2. The SMILES string of the molecule is Oc1c(CC2CCNCC2)cc(Cl)c2cccnc12. The molecular formula is C15H17ClN2O. The number of nitrogens with one attached hydrogen (secondary N) is 1. The zero-order valence-corrected chi connectivity index (χ0v) is 11.5. The van der Waals surface area contributed by atoms with E-state index in [2.05, 4.69) is 10.3 Å². The van der Waals surface area contributed by atoms with Crippen molar-refractivity contribution in [2.75, 3.05) is 13.1 Å². The number of hydrogen-bond acceptors (Lipinski definition) is 3. The number of phenolic OH excluding ortho intramolecular Hbond substituents is 1. The normalized spacial score (nSPS) is 16.9. The summed E-state index contributed by atoms with van der Waals surface area (Å²) in [5, 5.41) is 15.2. The first-order valence-electron chi connectivity index (χ1n) is 6.71. The second kappa shape index (κ2) is 5.35. The van der Waals surface area contributed by atoms with E-state index in [1.54, 1.807) is 6.20 Å². The zero-order valence-electron chi connectivity index (χ0n) is 10.7. The second-order valence-corrected chi connectivity index (χ2v) is 5.57. The maximum atomic E-state index is 10.4. The average molecular weight is 277 g/mol. The highest BCUT2D eigenvalue weighted by Crippen LogP contribution is 2.35. The molecule has 0 bridgehead atoms. The van der Waals surface area contributed by atoms with Crippen molar-refractivity contribution in [2.24, 2.45) is 5.92 Å². The summed E-state index contributed by atoms with van der Waals surface area (Å²) in [6, 6.07) is 5.61. The summed E-state index contributed by atoms with van der Waals surface area (Å²) in [5.74, 6) is 0.905. The van der Waals surface area contributed by atoms with E-state index < -0.39 is 0 Å². The van der Waals surface area contributed by atoms with E-state index in [0.29, 0.717) is 22.2 Å². The van der Waals surface area contributed by atoms with Crippen molar-refractivity contribution >= 4 is 22.5 Å². The van der Waals surface area contributed by atoms with E-state index in [1.165, 1.54) is 0 Å². The Morgan fingerprint density at radius 2 is 2.16 bits per heavy atom. The molecule has 0 spiro atoms. The van der Waals surface area contributed by atoms with Crippen molar-refractivity contribution in [3.63, 3.8) is 0 Å². The Morgan fingerprint density at radius 1 is 1.37 bits per heavy atom. The molecule has 19 heavy (non-hydrogen) atoms. The second-order valence-electron chi connectivity index (χ2n) is 5.16. The molecule has 4 heteroatoms. The van der Waals surface area contributed by atoms with Gasteiger partial charge < -0.3 is 10.4 Å². The van der Waals surface area contributed by atoms with Gasteiger partial charge in [-0.1, -0.05) is 11.6 Å². The molecule has 3 rings (SSSR count). The Labute approximate surface area is 117 Å². The Morgan fingerprint density at radius 3 is 2.95 bits per heavy atom. The molecule has 1 saturated heterocycles. The molecule has 0 radical (unpaired) electrons. The van der Waals surface area contributed by atoms with Crippen molar-refractivity contribution in [1.82, 2.24) is 10.3 Å². The Hall–Kier alpha value is -1.32. The van der Waals surface area contributed by atoms with Crippen LogP contribution < -0.4 is 5.32 Å². The maximum absolute atomic E-state index is 10.4. The topological polar surface area (TPSA) is 45.1 Å². The summed E-state index contributed by atoms with van der Waals surface area (Å²) < 4.78 is 0. The van der Waals surface area contributed by atoms with Crippen LogP contribution in [-0.2, 0) is 6.42 Å². The van der Waals surface area contributed by atoms with Gasteiger partial charge in [0.1, 0.15) is 11.3 Å². The summed E-state index contributed by atoms with van der Waals surface area (Å²) in [6.07, 6.45) is 4.86. The minimum absolute atomic E-state index is 0.290. The van der Waals surface area contributed by atoms with Crippen LogP contribution in [0.15, 0.2) is 24.4 Å². The number of fused-ring (bicyclic) bond motifs is 1. The largest absolute Gasteiger partial charge is 0.505 e. The van der Waals surface area contributed by atoms with Crippen LogP contribution in [0.25, 0.3) is 10.9 Å². The summed E-state index contributed by atoms with van der Waals surface area (Å²) in [5.41, 5.74) is 1.53. The molecule has 1 aliphatic rings. The lowest BCUT2D eigenvalue weighted by Gasteiger charge is -2.23. The number of nitrogens with zero attached hydrogens (tertiary/aromatic N) is 1. The van der Waals surface area contributed by atoms with Gasteiger partial charge >= 0.3 is 0 Å². The van der Waals surface area contributed by atoms with Crippen LogP contribution in [0.5, 0.6) is 5.75 Å². The minimum atomic E-state index is 0.290. The van der Waals surface area contributed by atoms with Crippen LogP contribution in [0.4, 0.5) is 0 Å². The molecule has 2 N–H and O–H groups in total. The van der Waals surface area contributed by atoms with Crippen LogP contribution >= 0.6 is 11.6 Å². The molecule has 1 fully saturated rings. The Kier molecular flexibility index (Phi) is 3.58. The first kappa shape index (κ1) is 12.7. The monoisotopic (exact) mass is 276 g/mol. The van der Waals surface area contributed by atoms with Gasteiger partial charge in [0.15, 0.2) is 0 Å². The van der Waals surface area contributed by atoms with Gasteiger partial charge in [0, 0.05) is 11.6 Å². The summed E-state index contributed by atoms with van der Waals surface area (Å²) in [7, 11) is 0. The van der Waals surface area contributed by atoms with Crippen molar-refractivity contribution in [3.8, 4) is 5.75 Å². The van der Waals surface area contributed by atoms with Crippen molar-refractivity contribution < 1.29 is 5.11 Å². The fraction of sp³-hybridized carbons (Fsp3) is 0.400. The third-order valence-electron chi connectivity index (χ3n) is 3.86. The van der Waals surface area contributed by atoms with Gasteiger partial charge in [-0.05, 0) is 62.0 Å². The van der Waals surface area contributed by atoms with Crippen LogP contribution in [0, 0.1) is 5.92 Å². The lowest BCUT2D eigenvalue weighted by molar-refractivity contribution is 0.367. The number of aromatic nitrogens is 1. The van der Waals surface area contributed by atoms with Gasteiger partial charge in [-0.2, -0.15) is 0 Å². The quantitative estimate of drug-likeness (QED) is 0.886. The molecule has 2 aromatic rings. The predicted molar refractivity (Wildman–Crippen MR) is 77.7 cm³/mol. The van der Waals surface area contributed by atoms with E-state index in [0.717, 1.165) is 43.3 Å². The predicted octanol–water partition coefficient (Wildman–Crippen LogP) is 3.14. The highest BCUT2D eigenvalue weighted by atomic mass is 35.5. The first-order valence-corrected chi connectivity index (χ1v) is 7.09. The molecule has 1 aromatic carbocycles. The molecular weight excluding hydrogens is 260 g/mol. The van der Waals surface area contributed by atoms with E-state index in [-0.39, 0.29) is 0 Å². The zero-order chi connectivity index (χ0) is 13.2. The Balaban J connectivity index is 1.97. The number of piperidine rings is 1. The van der Waals surface area contributed by atoms with E-state index >= 15 is 0 Å². The Bertz CT molecular complexity index is 594. The van der Waals surface area contributed by atoms with Crippen LogP contribution in [0.2, 0.25) is 5.02 Å². The fourth-order valence-electron chi connectivity index (χ4n) is 2.79. The van der Waals surface area contributed by atoms with Gasteiger partial charge in [0.2, 0.25) is 0 Å². The van der Waals surface area contributed by atoms with Gasteiger partial charge in [-0.15, -0.1) is 0 Å². The van der Waals surface area contributed by atoms with E-state index in [9.17, 15) is 5.11 Å². The number of halogens is 1. The number of pyridine rings is 1. The number of benzene rings is 1. The third kappa shape index (κ3) is 2.53. The van der Waals surface area contributed by atoms with Gasteiger partial charge in [-0.3, -0.25) is 4.98 Å². The molecule has 0 saturated carbocycles. The van der Waals surface area contributed by atoms with Crippen LogP contribution in [0.1, 0.15) is 18.4 Å². The summed E-state index contributed by atoms with van der Waals surface area (Å²) in [6.45, 7) is 2.12. The molecule has 0 atom stereocenters. The molecule has 2 heterocycles. The molecule has 100 valence electrons. The number of phenols is 1. The van der Waals surface area contributed by atoms with Gasteiger partial charge in [0.05, 0.1) is 5.02 Å². The molecule has 0 aliphatic carbocycles. The smallest absolute Gasteiger partial charge is 0.145 e. The molecule has 3 nitrogen and oxygen atoms in total. The summed E-state index contributed by atoms with van der Waals surface area (Å²) >= 11 is 6.29. The fourth-order valence-corrected chi connectivity index (χ4v) is 3.07. The lowest BCUT2D eigenvalue weighted by Crippen LogP contribution is -2.28. The van der Waals surface area contributed by atoms with Crippen LogP contribution in [0.3, 0.4) is 0 Å². The molecule has 0 unspecified atom stereocenters. The molecule has 1 aliphatic heterocycles. The molecule has 0 amide bonds. The summed E-state index contributed by atoms with van der Waals surface area (Å²) in [4.78, 5) is 4.25. The number of rotatable bonds is 2.